The van der Waals surface area contributed by atoms with E-state index in [1.807, 2.05) is 0 Å². The number of aromatic nitrogens is 4. The second-order valence-electron chi connectivity index (χ2n) is 3.16. The van der Waals surface area contributed by atoms with Crippen LogP contribution in [-0.2, 0) is 14.1 Å². The van der Waals surface area contributed by atoms with Gasteiger partial charge >= 0.3 is 35.2 Å². The molecule has 9 nitrogen and oxygen atoms in total. The van der Waals surface area contributed by atoms with Gasteiger partial charge in [0, 0.05) is 14.1 Å². The van der Waals surface area contributed by atoms with Gasteiger partial charge in [-0.25, -0.2) is 9.78 Å². The van der Waals surface area contributed by atoms with Crippen LogP contribution in [0.5, 0.6) is 0 Å². The first kappa shape index (κ1) is 13.6. The van der Waals surface area contributed by atoms with Gasteiger partial charge in [-0.05, 0) is 0 Å². The summed E-state index contributed by atoms with van der Waals surface area (Å²) in [5.41, 5.74) is -1.57. The van der Waals surface area contributed by atoms with Crippen molar-refractivity contribution in [3.8, 4) is 0 Å². The molecule has 0 radical (unpaired) electrons. The smallest absolute Gasteiger partial charge is 0.458 e. The molecular weight excluding hydrogens is 241 g/mol. The molecule has 0 atom stereocenters. The molecule has 0 aliphatic carbocycles. The number of hydrogen-bond acceptors (Lipinski definition) is 5. The predicted molar refractivity (Wildman–Crippen MR) is 52.2 cm³/mol. The molecule has 0 saturated carbocycles. The van der Waals surface area contributed by atoms with Gasteiger partial charge in [0.05, 0.1) is 0 Å². The second kappa shape index (κ2) is 4.43. The average Bonchev–Trinajstić information content (AvgIpc) is 2.68. The quantitative estimate of drug-likeness (QED) is 0.285. The standard InChI is InChI=1S/C7H7N5O4.Na/c1-10-4-3(5(13)11(2)7(10)14)8-6(9-4)12(15)16;/h1-2H3,(H,8,9,13);/q;+1/p-1. The van der Waals surface area contributed by atoms with Crippen LogP contribution in [0.2, 0.25) is 0 Å². The minimum atomic E-state index is -0.816. The van der Waals surface area contributed by atoms with Crippen LogP contribution in [0.3, 0.4) is 0 Å². The molecule has 0 bridgehead atoms. The van der Waals surface area contributed by atoms with Crippen molar-refractivity contribution in [2.45, 2.75) is 0 Å². The summed E-state index contributed by atoms with van der Waals surface area (Å²) < 4.78 is 1.86. The number of aryl methyl sites for hydroxylation is 1. The average molecular weight is 247 g/mol. The van der Waals surface area contributed by atoms with Gasteiger partial charge in [0.2, 0.25) is 0 Å². The summed E-state index contributed by atoms with van der Waals surface area (Å²) in [7, 11) is 2.63. The minimum absolute atomic E-state index is 0. The molecule has 2 rings (SSSR count). The molecule has 0 fully saturated rings. The molecule has 2 aromatic heterocycles. The van der Waals surface area contributed by atoms with Crippen LogP contribution in [0.4, 0.5) is 5.95 Å². The summed E-state index contributed by atoms with van der Waals surface area (Å²) in [5.74, 6) is -0.687. The summed E-state index contributed by atoms with van der Waals surface area (Å²) >= 11 is 0. The maximum absolute atomic E-state index is 11.6. The van der Waals surface area contributed by atoms with Crippen molar-refractivity contribution in [1.29, 1.82) is 0 Å². The van der Waals surface area contributed by atoms with Gasteiger partial charge < -0.3 is 10.1 Å². The second-order valence-corrected chi connectivity index (χ2v) is 3.16. The van der Waals surface area contributed by atoms with Crippen molar-refractivity contribution in [3.05, 3.63) is 31.0 Å². The molecule has 10 heteroatoms. The number of fused-ring (bicyclic) bond motifs is 1. The van der Waals surface area contributed by atoms with Gasteiger partial charge in [0.25, 0.3) is 11.5 Å². The Morgan fingerprint density at radius 1 is 1.29 bits per heavy atom. The van der Waals surface area contributed by atoms with E-state index in [0.29, 0.717) is 0 Å². The molecule has 0 aromatic carbocycles. The Bertz CT molecular complexity index is 711. The summed E-state index contributed by atoms with van der Waals surface area (Å²) in [6.45, 7) is 0. The predicted octanol–water partition coefficient (Wildman–Crippen LogP) is -4.50. The molecule has 0 aliphatic heterocycles. The van der Waals surface area contributed by atoms with Crippen molar-refractivity contribution in [1.82, 2.24) is 19.1 Å². The molecule has 2 heterocycles. The molecule has 0 saturated heterocycles. The van der Waals surface area contributed by atoms with E-state index in [-0.39, 0.29) is 40.7 Å². The van der Waals surface area contributed by atoms with Crippen LogP contribution in [-0.4, -0.2) is 19.0 Å². The van der Waals surface area contributed by atoms with Crippen LogP contribution in [0.25, 0.3) is 11.2 Å². The Balaban J connectivity index is 0.00000144. The van der Waals surface area contributed by atoms with Gasteiger partial charge in [0.15, 0.2) is 11.2 Å². The van der Waals surface area contributed by atoms with Crippen molar-refractivity contribution >= 4 is 17.1 Å². The fourth-order valence-electron chi connectivity index (χ4n) is 1.34. The maximum atomic E-state index is 11.6. The van der Waals surface area contributed by atoms with Gasteiger partial charge in [-0.15, -0.1) is 0 Å². The van der Waals surface area contributed by atoms with Crippen LogP contribution < -0.4 is 45.8 Å². The van der Waals surface area contributed by atoms with Crippen molar-refractivity contribution in [3.63, 3.8) is 0 Å². The summed E-state index contributed by atoms with van der Waals surface area (Å²) in [6, 6.07) is 0. The van der Waals surface area contributed by atoms with E-state index in [9.17, 15) is 19.7 Å². The summed E-state index contributed by atoms with van der Waals surface area (Å²) in [4.78, 5) is 39.6. The van der Waals surface area contributed by atoms with Crippen LogP contribution in [0.15, 0.2) is 9.59 Å². The fraction of sp³-hybridized carbons (Fsp3) is 0.286. The fourth-order valence-corrected chi connectivity index (χ4v) is 1.34. The number of nitro groups is 1. The van der Waals surface area contributed by atoms with Gasteiger partial charge in [-0.2, -0.15) is 9.91 Å². The van der Waals surface area contributed by atoms with E-state index in [1.54, 1.807) is 0 Å². The van der Waals surface area contributed by atoms with Crippen LogP contribution >= 0.6 is 0 Å². The zero-order chi connectivity index (χ0) is 12.0. The van der Waals surface area contributed by atoms with E-state index in [1.165, 1.54) is 14.1 Å². The zero-order valence-electron chi connectivity index (χ0n) is 9.37. The topological polar surface area (TPSA) is 114 Å². The minimum Gasteiger partial charge on any atom is -0.458 e. The number of imidazole rings is 1. The number of nitrogens with zero attached hydrogens (tertiary/aromatic N) is 5. The Labute approximate surface area is 116 Å². The number of hydrogen-bond donors (Lipinski definition) is 0. The Hall–Kier alpha value is -1.45. The molecule has 0 spiro atoms. The first-order valence-electron chi connectivity index (χ1n) is 4.18. The number of rotatable bonds is 1. The Morgan fingerprint density at radius 3 is 2.41 bits per heavy atom. The van der Waals surface area contributed by atoms with Gasteiger partial charge in [-0.3, -0.25) is 13.9 Å². The molecule has 0 amide bonds. The molecule has 0 aliphatic rings. The van der Waals surface area contributed by atoms with Crippen molar-refractivity contribution < 1.29 is 34.5 Å². The zero-order valence-corrected chi connectivity index (χ0v) is 11.4. The molecule has 84 valence electrons. The van der Waals surface area contributed by atoms with E-state index in [4.69, 9.17) is 0 Å². The molecule has 0 unspecified atom stereocenters. The third-order valence-corrected chi connectivity index (χ3v) is 2.19. The van der Waals surface area contributed by atoms with Gasteiger partial charge in [-0.1, -0.05) is 0 Å². The van der Waals surface area contributed by atoms with Gasteiger partial charge in [0.1, 0.15) is 0 Å². The SMILES string of the molecule is Cn1c(=O)c2[n-]c([N+](=O)[O-])nc2n(C)c1=O.[Na+]. The molecule has 2 aromatic rings. The van der Waals surface area contributed by atoms with Crippen LogP contribution in [0, 0.1) is 10.1 Å². The maximum Gasteiger partial charge on any atom is 1.00 e. The Morgan fingerprint density at radius 2 is 1.88 bits per heavy atom. The largest absolute Gasteiger partial charge is 1.00 e. The normalized spacial score (nSPS) is 10.2. The van der Waals surface area contributed by atoms with E-state index >= 15 is 0 Å². The van der Waals surface area contributed by atoms with E-state index < -0.39 is 22.1 Å². The molecule has 0 N–H and O–H groups in total. The van der Waals surface area contributed by atoms with Crippen molar-refractivity contribution in [2.75, 3.05) is 0 Å². The van der Waals surface area contributed by atoms with Crippen molar-refractivity contribution in [2.24, 2.45) is 14.1 Å². The monoisotopic (exact) mass is 247 g/mol. The van der Waals surface area contributed by atoms with E-state index in [2.05, 4.69) is 9.97 Å². The molecule has 17 heavy (non-hydrogen) atoms. The third-order valence-electron chi connectivity index (χ3n) is 2.19. The summed E-state index contributed by atoms with van der Waals surface area (Å²) in [6.07, 6.45) is 0. The first-order chi connectivity index (χ1) is 7.43. The van der Waals surface area contributed by atoms with E-state index in [0.717, 1.165) is 9.13 Å². The third kappa shape index (κ3) is 1.92. The first-order valence-corrected chi connectivity index (χ1v) is 4.18. The molecular formula is C7H6N5NaO4. The van der Waals surface area contributed by atoms with Crippen LogP contribution in [0.1, 0.15) is 0 Å². The summed E-state index contributed by atoms with van der Waals surface area (Å²) in [5, 5.41) is 10.4. The Kier molecular flexibility index (Phi) is 3.55.